The maximum atomic E-state index is 8.50. The van der Waals surface area contributed by atoms with Crippen molar-refractivity contribution in [2.45, 2.75) is 0 Å². The van der Waals surface area contributed by atoms with E-state index in [-0.39, 0.29) is 0 Å². The molecule has 0 bridgehead atoms. The van der Waals surface area contributed by atoms with E-state index < -0.39 is 11.9 Å². The molecule has 8 aromatic rings. The predicted octanol–water partition coefficient (Wildman–Crippen LogP) is 9.33. The first-order valence-corrected chi connectivity index (χ1v) is 31.3. The standard InChI is InChI=1S/2C25H21P3.2ClH.Ru/c2*1-4-12-21(13-5-1)26-19-20-11-10-18-24(27-22-14-6-2-7-15-22)25(20)28-23-16-8-3-9-17-23;;;/h2*1-18,26-28H;2*1H;/q;;;;+2/p-2. The molecule has 0 N–H and O–H groups in total. The fourth-order valence-electron chi connectivity index (χ4n) is 6.49. The summed E-state index contributed by atoms with van der Waals surface area (Å²) in [5.74, 6) is 0. The molecule has 6 atom stereocenters. The number of rotatable bonds is 14. The molecule has 8 rings (SSSR count). The average Bonchev–Trinajstić information content (AvgIpc) is 3.28. The Morgan fingerprint density at radius 2 is 0.559 bits per heavy atom. The van der Waals surface area contributed by atoms with E-state index in [2.05, 4.69) is 218 Å². The molecule has 0 fully saturated rings. The van der Waals surface area contributed by atoms with Gasteiger partial charge in [-0.05, 0) is 0 Å². The van der Waals surface area contributed by atoms with Gasteiger partial charge >= 0.3 is 373 Å². The first-order chi connectivity index (χ1) is 29.0. The van der Waals surface area contributed by atoms with E-state index >= 15 is 0 Å². The van der Waals surface area contributed by atoms with Gasteiger partial charge in [0, 0.05) is 0 Å². The molecule has 0 radical (unpaired) electrons. The molecule has 0 aliphatic carbocycles. The van der Waals surface area contributed by atoms with Crippen LogP contribution in [0.5, 0.6) is 0 Å². The van der Waals surface area contributed by atoms with Crippen LogP contribution in [-0.4, -0.2) is 7.70 Å². The SMILES string of the molecule is [Cl][Ru]([Cl])(=[C](Pc1ccccc1)c1cccc(Pc2ccccc2)c1Pc1ccccc1)=[C](Pc1ccccc1)c1cccc(Pc2ccccc2)c1Pc1ccccc1. The molecule has 9 heteroatoms. The summed E-state index contributed by atoms with van der Waals surface area (Å²) >= 11 is -4.00. The number of benzene rings is 8. The van der Waals surface area contributed by atoms with Crippen molar-refractivity contribution >= 4 is 132 Å². The Hall–Kier alpha value is -2.72. The van der Waals surface area contributed by atoms with Crippen LogP contribution in [0.3, 0.4) is 0 Å². The van der Waals surface area contributed by atoms with Crippen molar-refractivity contribution in [2.24, 2.45) is 0 Å². The van der Waals surface area contributed by atoms with Crippen LogP contribution in [0, 0.1) is 0 Å². The second kappa shape index (κ2) is 21.4. The van der Waals surface area contributed by atoms with Crippen molar-refractivity contribution in [3.63, 3.8) is 0 Å². The third-order valence-corrected chi connectivity index (χ3v) is 30.8. The van der Waals surface area contributed by atoms with Gasteiger partial charge in [0.2, 0.25) is 0 Å². The number of hydrogen-bond donors (Lipinski definition) is 0. The molecule has 59 heavy (non-hydrogen) atoms. The number of hydrogen-bond acceptors (Lipinski definition) is 0. The van der Waals surface area contributed by atoms with E-state index in [9.17, 15) is 0 Å². The van der Waals surface area contributed by atoms with E-state index in [4.69, 9.17) is 19.4 Å². The molecule has 0 amide bonds. The molecular formula is C50H42Cl2P6Ru. The molecule has 0 saturated carbocycles. The Bertz CT molecular complexity index is 2550. The van der Waals surface area contributed by atoms with E-state index in [0.29, 0.717) is 51.5 Å². The van der Waals surface area contributed by atoms with Crippen molar-refractivity contribution in [2.75, 3.05) is 0 Å². The molecule has 0 saturated heterocycles. The van der Waals surface area contributed by atoms with Crippen molar-refractivity contribution in [1.82, 2.24) is 0 Å². The van der Waals surface area contributed by atoms with Gasteiger partial charge in [-0.1, -0.05) is 0 Å². The van der Waals surface area contributed by atoms with Crippen LogP contribution in [0.25, 0.3) is 0 Å². The van der Waals surface area contributed by atoms with Crippen LogP contribution in [0.4, 0.5) is 0 Å². The van der Waals surface area contributed by atoms with E-state index in [1.807, 2.05) is 0 Å². The van der Waals surface area contributed by atoms with Gasteiger partial charge < -0.3 is 0 Å². The minimum absolute atomic E-state index is 0.313. The molecule has 0 nitrogen and oxygen atoms in total. The Balaban J connectivity index is 1.46. The van der Waals surface area contributed by atoms with Gasteiger partial charge in [-0.15, -0.1) is 0 Å². The van der Waals surface area contributed by atoms with Crippen LogP contribution >= 0.6 is 70.9 Å². The summed E-state index contributed by atoms with van der Waals surface area (Å²) in [4.78, 5) is 0. The van der Waals surface area contributed by atoms with Crippen molar-refractivity contribution < 1.29 is 11.9 Å². The zero-order valence-electron chi connectivity index (χ0n) is 31.9. The zero-order chi connectivity index (χ0) is 40.3. The van der Waals surface area contributed by atoms with E-state index in [1.54, 1.807) is 0 Å². The predicted molar refractivity (Wildman–Crippen MR) is 278 cm³/mol. The summed E-state index contributed by atoms with van der Waals surface area (Å²) in [5, 5.41) is 13.1. The topological polar surface area (TPSA) is 0 Å². The molecule has 0 heterocycles. The van der Waals surface area contributed by atoms with Crippen LogP contribution < -0.4 is 53.0 Å². The quantitative estimate of drug-likeness (QED) is 0.0754. The molecule has 294 valence electrons. The fraction of sp³-hybridized carbons (Fsp3) is 0. The first kappa shape index (κ1) is 43.0. The molecule has 0 aliphatic heterocycles. The Morgan fingerprint density at radius 1 is 0.288 bits per heavy atom. The Morgan fingerprint density at radius 3 is 0.864 bits per heavy atom. The van der Waals surface area contributed by atoms with Gasteiger partial charge in [-0.25, -0.2) is 0 Å². The van der Waals surface area contributed by atoms with Gasteiger partial charge in [-0.3, -0.25) is 0 Å². The molecular weight excluding hydrogens is 958 g/mol. The number of halogens is 2. The van der Waals surface area contributed by atoms with Crippen molar-refractivity contribution in [3.05, 3.63) is 230 Å². The fourth-order valence-corrected chi connectivity index (χ4v) is 25.8. The summed E-state index contributed by atoms with van der Waals surface area (Å²) in [6, 6.07) is 79.0. The molecule has 6 unspecified atom stereocenters. The molecule has 0 spiro atoms. The maximum absolute atomic E-state index is 8.50. The normalized spacial score (nSPS) is 12.8. The molecule has 8 aromatic carbocycles. The van der Waals surface area contributed by atoms with Gasteiger partial charge in [0.1, 0.15) is 0 Å². The third-order valence-electron chi connectivity index (χ3n) is 9.27. The monoisotopic (exact) mass is 1000 g/mol. The van der Waals surface area contributed by atoms with Crippen LogP contribution in [0.2, 0.25) is 0 Å². The van der Waals surface area contributed by atoms with Gasteiger partial charge in [0.25, 0.3) is 0 Å². The zero-order valence-corrected chi connectivity index (χ0v) is 41.1. The molecule has 0 aliphatic rings. The van der Waals surface area contributed by atoms with Gasteiger partial charge in [0.15, 0.2) is 0 Å². The Kier molecular flexibility index (Phi) is 15.6. The van der Waals surface area contributed by atoms with E-state index in [0.717, 1.165) is 0 Å². The summed E-state index contributed by atoms with van der Waals surface area (Å²) in [6.45, 7) is 0. The first-order valence-electron chi connectivity index (χ1n) is 19.1. The van der Waals surface area contributed by atoms with Crippen molar-refractivity contribution in [3.8, 4) is 0 Å². The van der Waals surface area contributed by atoms with Crippen LogP contribution in [0.15, 0.2) is 218 Å². The molecule has 0 aromatic heterocycles. The van der Waals surface area contributed by atoms with Crippen molar-refractivity contribution in [1.29, 1.82) is 0 Å². The summed E-state index contributed by atoms with van der Waals surface area (Å²) < 4.78 is 2.41. The van der Waals surface area contributed by atoms with Gasteiger partial charge in [0.05, 0.1) is 0 Å². The third kappa shape index (κ3) is 11.4. The second-order valence-electron chi connectivity index (χ2n) is 13.4. The summed E-state index contributed by atoms with van der Waals surface area (Å²) in [7, 11) is 19.5. The summed E-state index contributed by atoms with van der Waals surface area (Å²) in [6.07, 6.45) is 0. The van der Waals surface area contributed by atoms with E-state index in [1.165, 1.54) is 71.9 Å². The second-order valence-corrected chi connectivity index (χ2v) is 32.3. The van der Waals surface area contributed by atoms with Crippen LogP contribution in [0.1, 0.15) is 11.1 Å². The van der Waals surface area contributed by atoms with Gasteiger partial charge in [-0.2, -0.15) is 0 Å². The van der Waals surface area contributed by atoms with Crippen LogP contribution in [-0.2, 0) is 11.9 Å². The summed E-state index contributed by atoms with van der Waals surface area (Å²) in [5.41, 5.74) is 2.44. The Labute approximate surface area is 370 Å². The average molecular weight is 1000 g/mol. The minimum atomic E-state index is -4.00.